The molecule has 0 aliphatic carbocycles. The van der Waals surface area contributed by atoms with Crippen LogP contribution in [0.1, 0.15) is 0 Å². The summed E-state index contributed by atoms with van der Waals surface area (Å²) in [6.45, 7) is 0. The van der Waals surface area contributed by atoms with Crippen LogP contribution in [-0.2, 0) is 0 Å². The number of pyridine rings is 1. The SMILES string of the molecule is c1ccc(-c2nc3cc(-n4c5ccccc5c5ccc6c7ccccc7n(-c7ccccc7)c6c54)ccn3c2-c2ccccc2)cc1. The molecule has 6 aromatic carbocycles. The summed E-state index contributed by atoms with van der Waals surface area (Å²) in [7, 11) is 0. The number of nitrogens with zero attached hydrogens (tertiary/aromatic N) is 4. The van der Waals surface area contributed by atoms with Gasteiger partial charge in [-0.1, -0.05) is 127 Å². The van der Waals surface area contributed by atoms with Gasteiger partial charge in [0.1, 0.15) is 5.65 Å². The molecule has 0 radical (unpaired) electrons. The highest BCUT2D eigenvalue weighted by Gasteiger charge is 2.22. The van der Waals surface area contributed by atoms with Crippen molar-refractivity contribution in [2.24, 2.45) is 0 Å². The third-order valence-electron chi connectivity index (χ3n) is 9.45. The van der Waals surface area contributed by atoms with E-state index in [2.05, 4.69) is 184 Å². The van der Waals surface area contributed by atoms with E-state index in [0.717, 1.165) is 39.5 Å². The molecular weight excluding hydrogens is 573 g/mol. The standard InChI is InChI=1S/C43H28N4/c1-4-14-29(15-5-1)40-41(30-16-6-2-7-17-30)45-27-26-32(28-39(45)44-40)47-38-23-13-11-21-34(38)36-25-24-35-33-20-10-12-22-37(33)46(42(35)43(36)47)31-18-8-3-9-19-31/h1-28H. The topological polar surface area (TPSA) is 27.2 Å². The number of fused-ring (bicyclic) bond motifs is 8. The zero-order valence-corrected chi connectivity index (χ0v) is 25.5. The molecule has 4 aromatic heterocycles. The maximum absolute atomic E-state index is 5.30. The van der Waals surface area contributed by atoms with Crippen molar-refractivity contribution >= 4 is 49.3 Å². The molecular formula is C43H28N4. The summed E-state index contributed by atoms with van der Waals surface area (Å²) >= 11 is 0. The van der Waals surface area contributed by atoms with E-state index in [1.165, 1.54) is 43.6 Å². The zero-order valence-electron chi connectivity index (χ0n) is 25.5. The average Bonchev–Trinajstić information content (AvgIpc) is 3.80. The minimum atomic E-state index is 0.905. The van der Waals surface area contributed by atoms with Crippen molar-refractivity contribution in [1.82, 2.24) is 18.5 Å². The van der Waals surface area contributed by atoms with Crippen LogP contribution in [0, 0.1) is 0 Å². The van der Waals surface area contributed by atoms with Gasteiger partial charge in [-0.3, -0.25) is 4.40 Å². The molecule has 0 amide bonds. The predicted octanol–water partition coefficient (Wildman–Crippen LogP) is 10.9. The Bertz CT molecular complexity index is 2770. The molecule has 4 heterocycles. The molecule has 0 aliphatic heterocycles. The normalized spacial score (nSPS) is 11.8. The van der Waals surface area contributed by atoms with Gasteiger partial charge in [-0.05, 0) is 30.3 Å². The Hall–Kier alpha value is -6.39. The lowest BCUT2D eigenvalue weighted by molar-refractivity contribution is 1.12. The van der Waals surface area contributed by atoms with E-state index in [1.807, 2.05) is 0 Å². The summed E-state index contributed by atoms with van der Waals surface area (Å²) in [6, 6.07) is 58.3. The first-order valence-electron chi connectivity index (χ1n) is 16.0. The van der Waals surface area contributed by atoms with E-state index < -0.39 is 0 Å². The summed E-state index contributed by atoms with van der Waals surface area (Å²) in [5.74, 6) is 0. The second kappa shape index (κ2) is 10.1. The molecule has 0 saturated carbocycles. The third kappa shape index (κ3) is 3.79. The lowest BCUT2D eigenvalue weighted by Crippen LogP contribution is -1.99. The first kappa shape index (κ1) is 25.9. The molecule has 0 aliphatic rings. The number of benzene rings is 6. The number of imidazole rings is 1. The number of hydrogen-bond acceptors (Lipinski definition) is 1. The molecule has 0 spiro atoms. The van der Waals surface area contributed by atoms with Crippen LogP contribution in [0.5, 0.6) is 0 Å². The summed E-state index contributed by atoms with van der Waals surface area (Å²) < 4.78 is 7.09. The number of aromatic nitrogens is 4. The van der Waals surface area contributed by atoms with Crippen molar-refractivity contribution in [3.8, 4) is 33.9 Å². The Morgan fingerprint density at radius 2 is 0.915 bits per heavy atom. The Morgan fingerprint density at radius 3 is 1.53 bits per heavy atom. The summed E-state index contributed by atoms with van der Waals surface area (Å²) in [6.07, 6.45) is 2.18. The summed E-state index contributed by atoms with van der Waals surface area (Å²) in [5.41, 5.74) is 12.2. The maximum atomic E-state index is 5.30. The van der Waals surface area contributed by atoms with Gasteiger partial charge >= 0.3 is 0 Å². The molecule has 0 unspecified atom stereocenters. The van der Waals surface area contributed by atoms with Gasteiger partial charge in [-0.15, -0.1) is 0 Å². The van der Waals surface area contributed by atoms with Gasteiger partial charge in [0.05, 0.1) is 39.1 Å². The van der Waals surface area contributed by atoms with Crippen LogP contribution in [-0.4, -0.2) is 18.5 Å². The summed E-state index contributed by atoms with van der Waals surface area (Å²) in [5, 5.41) is 4.94. The van der Waals surface area contributed by atoms with E-state index in [0.29, 0.717) is 0 Å². The van der Waals surface area contributed by atoms with Crippen LogP contribution in [0.4, 0.5) is 0 Å². The highest BCUT2D eigenvalue weighted by atomic mass is 15.1. The molecule has 10 aromatic rings. The maximum Gasteiger partial charge on any atom is 0.140 e. The largest absolute Gasteiger partial charge is 0.307 e. The molecule has 0 atom stereocenters. The monoisotopic (exact) mass is 600 g/mol. The van der Waals surface area contributed by atoms with Crippen LogP contribution in [0.3, 0.4) is 0 Å². The van der Waals surface area contributed by atoms with Crippen molar-refractivity contribution < 1.29 is 0 Å². The predicted molar refractivity (Wildman–Crippen MR) is 195 cm³/mol. The van der Waals surface area contributed by atoms with Crippen LogP contribution in [0.25, 0.3) is 83.1 Å². The van der Waals surface area contributed by atoms with Crippen LogP contribution in [0.2, 0.25) is 0 Å². The first-order chi connectivity index (χ1) is 23.3. The van der Waals surface area contributed by atoms with Gasteiger partial charge in [-0.2, -0.15) is 0 Å². The van der Waals surface area contributed by atoms with Crippen molar-refractivity contribution in [2.75, 3.05) is 0 Å². The van der Waals surface area contributed by atoms with Gasteiger partial charge in [0.15, 0.2) is 0 Å². The van der Waals surface area contributed by atoms with Crippen LogP contribution in [0.15, 0.2) is 170 Å². The smallest absolute Gasteiger partial charge is 0.140 e. The molecule has 47 heavy (non-hydrogen) atoms. The number of rotatable bonds is 4. The Morgan fingerprint density at radius 1 is 0.404 bits per heavy atom. The molecule has 0 saturated heterocycles. The van der Waals surface area contributed by atoms with Crippen LogP contribution >= 0.6 is 0 Å². The molecule has 0 fully saturated rings. The zero-order chi connectivity index (χ0) is 30.9. The van der Waals surface area contributed by atoms with Crippen molar-refractivity contribution in [3.05, 3.63) is 170 Å². The van der Waals surface area contributed by atoms with Gasteiger partial charge in [0.25, 0.3) is 0 Å². The number of hydrogen-bond donors (Lipinski definition) is 0. The molecule has 4 heteroatoms. The average molecular weight is 601 g/mol. The number of para-hydroxylation sites is 3. The van der Waals surface area contributed by atoms with Gasteiger partial charge in [-0.25, -0.2) is 4.98 Å². The van der Waals surface area contributed by atoms with Crippen molar-refractivity contribution in [2.45, 2.75) is 0 Å². The van der Waals surface area contributed by atoms with Gasteiger partial charge in [0, 0.05) is 50.6 Å². The highest BCUT2D eigenvalue weighted by Crippen LogP contribution is 2.42. The fraction of sp³-hybridized carbons (Fsp3) is 0. The van der Waals surface area contributed by atoms with Crippen molar-refractivity contribution in [3.63, 3.8) is 0 Å². The van der Waals surface area contributed by atoms with E-state index in [4.69, 9.17) is 4.98 Å². The van der Waals surface area contributed by atoms with E-state index in [-0.39, 0.29) is 0 Å². The quantitative estimate of drug-likeness (QED) is 0.197. The summed E-state index contributed by atoms with van der Waals surface area (Å²) in [4.78, 5) is 5.30. The lowest BCUT2D eigenvalue weighted by Gasteiger charge is -2.13. The highest BCUT2D eigenvalue weighted by molar-refractivity contribution is 6.23. The second-order valence-corrected chi connectivity index (χ2v) is 12.1. The van der Waals surface area contributed by atoms with E-state index in [1.54, 1.807) is 0 Å². The lowest BCUT2D eigenvalue weighted by atomic mass is 10.1. The Balaban J connectivity index is 1.33. The fourth-order valence-electron chi connectivity index (χ4n) is 7.46. The third-order valence-corrected chi connectivity index (χ3v) is 9.45. The Kier molecular flexibility index (Phi) is 5.54. The molecule has 0 bridgehead atoms. The van der Waals surface area contributed by atoms with Crippen LogP contribution < -0.4 is 0 Å². The fourth-order valence-corrected chi connectivity index (χ4v) is 7.46. The minimum Gasteiger partial charge on any atom is -0.307 e. The van der Waals surface area contributed by atoms with Gasteiger partial charge < -0.3 is 9.13 Å². The van der Waals surface area contributed by atoms with Gasteiger partial charge in [0.2, 0.25) is 0 Å². The molecule has 4 nitrogen and oxygen atoms in total. The second-order valence-electron chi connectivity index (χ2n) is 12.1. The van der Waals surface area contributed by atoms with Crippen molar-refractivity contribution in [1.29, 1.82) is 0 Å². The molecule has 220 valence electrons. The first-order valence-corrected chi connectivity index (χ1v) is 16.0. The van der Waals surface area contributed by atoms with E-state index >= 15 is 0 Å². The molecule has 10 rings (SSSR count). The van der Waals surface area contributed by atoms with E-state index in [9.17, 15) is 0 Å². The molecule has 0 N–H and O–H groups in total. The Labute approximate surface area is 271 Å². The minimum absolute atomic E-state index is 0.905.